The summed E-state index contributed by atoms with van der Waals surface area (Å²) in [7, 11) is 1.61. The van der Waals surface area contributed by atoms with Gasteiger partial charge in [-0.1, -0.05) is 0 Å². The van der Waals surface area contributed by atoms with Crippen LogP contribution in [0.4, 0.5) is 10.6 Å². The second kappa shape index (κ2) is 7.58. The molecule has 142 valence electrons. The minimum atomic E-state index is -0.554. The van der Waals surface area contributed by atoms with Crippen molar-refractivity contribution in [3.8, 4) is 17.6 Å². The number of amides is 2. The van der Waals surface area contributed by atoms with Crippen LogP contribution in [0.3, 0.4) is 0 Å². The largest absolute Gasteiger partial charge is 0.497 e. The van der Waals surface area contributed by atoms with Gasteiger partial charge in [0.25, 0.3) is 0 Å². The summed E-state index contributed by atoms with van der Waals surface area (Å²) in [4.78, 5) is 14.5. The lowest BCUT2D eigenvalue weighted by atomic mass is 10.1. The van der Waals surface area contributed by atoms with Crippen molar-refractivity contribution < 1.29 is 14.3 Å². The third kappa shape index (κ3) is 4.50. The van der Waals surface area contributed by atoms with E-state index >= 15 is 0 Å². The summed E-state index contributed by atoms with van der Waals surface area (Å²) in [5, 5.41) is 15.7. The fraction of sp³-hybridized carbons (Fsp3) is 0.421. The van der Waals surface area contributed by atoms with Gasteiger partial charge >= 0.3 is 6.03 Å². The van der Waals surface area contributed by atoms with Crippen molar-refractivity contribution in [3.63, 3.8) is 0 Å². The number of carbonyl (C=O) groups is 1. The normalized spacial score (nSPS) is 15.1. The predicted molar refractivity (Wildman–Crippen MR) is 99.6 cm³/mol. The summed E-state index contributed by atoms with van der Waals surface area (Å²) in [5.41, 5.74) is 0.359. The fourth-order valence-electron chi connectivity index (χ4n) is 2.99. The molecule has 0 atom stereocenters. The molecule has 0 fully saturated rings. The summed E-state index contributed by atoms with van der Waals surface area (Å²) in [5.74, 6) is 1.89. The molecule has 2 aromatic rings. The maximum Gasteiger partial charge on any atom is 0.323 e. The van der Waals surface area contributed by atoms with Gasteiger partial charge in [0.15, 0.2) is 5.82 Å². The van der Waals surface area contributed by atoms with Gasteiger partial charge in [0.2, 0.25) is 0 Å². The van der Waals surface area contributed by atoms with Gasteiger partial charge in [-0.3, -0.25) is 10.00 Å². The highest BCUT2D eigenvalue weighted by molar-refractivity contribution is 5.88. The number of hydrogen-bond acceptors (Lipinski definition) is 5. The Balaban J connectivity index is 1.75. The van der Waals surface area contributed by atoms with E-state index in [4.69, 9.17) is 14.7 Å². The average Bonchev–Trinajstić information content (AvgIpc) is 3.01. The van der Waals surface area contributed by atoms with Crippen molar-refractivity contribution in [3.05, 3.63) is 36.0 Å². The zero-order chi connectivity index (χ0) is 19.4. The molecule has 0 spiro atoms. The van der Waals surface area contributed by atoms with Gasteiger partial charge < -0.3 is 14.4 Å². The van der Waals surface area contributed by atoms with Gasteiger partial charge in [0.1, 0.15) is 17.1 Å². The van der Waals surface area contributed by atoms with E-state index in [0.717, 1.165) is 11.3 Å². The first kappa shape index (κ1) is 18.6. The fourth-order valence-corrected chi connectivity index (χ4v) is 2.99. The molecule has 1 aromatic carbocycles. The highest BCUT2D eigenvalue weighted by atomic mass is 16.5. The number of nitrogens with one attached hydrogen (secondary N) is 1. The first-order chi connectivity index (χ1) is 12.9. The molecule has 0 saturated carbocycles. The molecule has 0 bridgehead atoms. The van der Waals surface area contributed by atoms with Crippen molar-refractivity contribution in [2.24, 2.45) is 0 Å². The molecular weight excluding hydrogens is 346 g/mol. The van der Waals surface area contributed by atoms with E-state index < -0.39 is 5.60 Å². The third-order valence-electron chi connectivity index (χ3n) is 4.21. The molecule has 1 aliphatic heterocycles. The van der Waals surface area contributed by atoms with Gasteiger partial charge in [-0.2, -0.15) is 10.4 Å². The van der Waals surface area contributed by atoms with Gasteiger partial charge in [0, 0.05) is 23.9 Å². The molecule has 27 heavy (non-hydrogen) atoms. The Hall–Kier alpha value is -3.21. The zero-order valence-electron chi connectivity index (χ0n) is 15.7. The summed E-state index contributed by atoms with van der Waals surface area (Å²) >= 11 is 0. The molecule has 0 radical (unpaired) electrons. The maximum atomic E-state index is 12.8. The molecule has 2 heterocycles. The monoisotopic (exact) mass is 369 g/mol. The van der Waals surface area contributed by atoms with Gasteiger partial charge in [-0.05, 0) is 26.0 Å². The number of aromatic nitrogens is 2. The van der Waals surface area contributed by atoms with Crippen LogP contribution in [0.2, 0.25) is 0 Å². The SMILES string of the molecule is COc1ccc2c(c1)OC(C)(C)CN(C(=O)Nc1ccn(CCC#N)n1)C2. The standard InChI is InChI=1S/C19H23N5O3/c1-19(2)13-23(12-14-5-6-15(26-3)11-16(14)27-19)18(25)21-17-7-10-24(22-17)9-4-8-20/h5-7,10-11H,4,9,12-13H2,1-3H3,(H,21,22,25). The van der Waals surface area contributed by atoms with Crippen LogP contribution in [0.5, 0.6) is 11.5 Å². The van der Waals surface area contributed by atoms with E-state index in [-0.39, 0.29) is 6.03 Å². The van der Waals surface area contributed by atoms with Crippen molar-refractivity contribution in [1.29, 1.82) is 5.26 Å². The van der Waals surface area contributed by atoms with E-state index in [0.29, 0.717) is 37.6 Å². The number of nitriles is 1. The van der Waals surface area contributed by atoms with Crippen LogP contribution in [-0.2, 0) is 13.1 Å². The molecule has 0 unspecified atom stereocenters. The number of nitrogens with zero attached hydrogens (tertiary/aromatic N) is 4. The summed E-state index contributed by atoms with van der Waals surface area (Å²) in [6.45, 7) is 5.22. The molecule has 3 rings (SSSR count). The molecule has 1 N–H and O–H groups in total. The van der Waals surface area contributed by atoms with Crippen molar-refractivity contribution in [1.82, 2.24) is 14.7 Å². The zero-order valence-corrected chi connectivity index (χ0v) is 15.7. The van der Waals surface area contributed by atoms with Crippen LogP contribution in [0.15, 0.2) is 30.5 Å². The van der Waals surface area contributed by atoms with E-state index in [1.54, 1.807) is 29.0 Å². The Labute approximate surface area is 158 Å². The minimum Gasteiger partial charge on any atom is -0.497 e. The molecule has 0 saturated heterocycles. The quantitative estimate of drug-likeness (QED) is 0.894. The second-order valence-electron chi connectivity index (χ2n) is 6.99. The van der Waals surface area contributed by atoms with Crippen LogP contribution in [-0.4, -0.2) is 40.0 Å². The topological polar surface area (TPSA) is 92.4 Å². The van der Waals surface area contributed by atoms with Gasteiger partial charge in [0.05, 0.1) is 39.2 Å². The first-order valence-corrected chi connectivity index (χ1v) is 8.72. The van der Waals surface area contributed by atoms with E-state index in [1.807, 2.05) is 32.0 Å². The Morgan fingerprint density at radius 1 is 1.44 bits per heavy atom. The van der Waals surface area contributed by atoms with Crippen LogP contribution in [0.1, 0.15) is 25.8 Å². The number of urea groups is 1. The number of carbonyl (C=O) groups excluding carboxylic acids is 1. The predicted octanol–water partition coefficient (Wildman–Crippen LogP) is 3.01. The van der Waals surface area contributed by atoms with E-state index in [1.165, 1.54) is 0 Å². The van der Waals surface area contributed by atoms with Crippen LogP contribution in [0.25, 0.3) is 0 Å². The Kier molecular flexibility index (Phi) is 5.21. The van der Waals surface area contributed by atoms with Crippen molar-refractivity contribution >= 4 is 11.8 Å². The molecular formula is C19H23N5O3. The number of hydrogen-bond donors (Lipinski definition) is 1. The lowest BCUT2D eigenvalue weighted by Crippen LogP contribution is -2.44. The highest BCUT2D eigenvalue weighted by Crippen LogP contribution is 2.32. The molecule has 1 aromatic heterocycles. The smallest absolute Gasteiger partial charge is 0.323 e. The first-order valence-electron chi connectivity index (χ1n) is 8.72. The molecule has 8 nitrogen and oxygen atoms in total. The number of anilines is 1. The lowest BCUT2D eigenvalue weighted by Gasteiger charge is -2.29. The number of benzene rings is 1. The third-order valence-corrected chi connectivity index (χ3v) is 4.21. The average molecular weight is 369 g/mol. The number of methoxy groups -OCH3 is 1. The summed E-state index contributed by atoms with van der Waals surface area (Å²) < 4.78 is 13.0. The number of ether oxygens (including phenoxy) is 2. The Morgan fingerprint density at radius 2 is 2.26 bits per heavy atom. The van der Waals surface area contributed by atoms with Gasteiger partial charge in [-0.25, -0.2) is 4.79 Å². The van der Waals surface area contributed by atoms with Crippen molar-refractivity contribution in [2.45, 2.75) is 39.0 Å². The number of aryl methyl sites for hydroxylation is 1. The van der Waals surface area contributed by atoms with Crippen LogP contribution >= 0.6 is 0 Å². The molecule has 8 heteroatoms. The maximum absolute atomic E-state index is 12.8. The van der Waals surface area contributed by atoms with Gasteiger partial charge in [-0.15, -0.1) is 0 Å². The van der Waals surface area contributed by atoms with Crippen LogP contribution < -0.4 is 14.8 Å². The number of rotatable bonds is 4. The highest BCUT2D eigenvalue weighted by Gasteiger charge is 2.32. The van der Waals surface area contributed by atoms with E-state index in [2.05, 4.69) is 16.5 Å². The van der Waals surface area contributed by atoms with Crippen LogP contribution in [0, 0.1) is 11.3 Å². The minimum absolute atomic E-state index is 0.249. The molecule has 0 aliphatic carbocycles. The van der Waals surface area contributed by atoms with E-state index in [9.17, 15) is 4.79 Å². The Bertz CT molecular complexity index is 868. The molecule has 2 amide bonds. The lowest BCUT2D eigenvalue weighted by molar-refractivity contribution is 0.0833. The molecule has 1 aliphatic rings. The summed E-state index contributed by atoms with van der Waals surface area (Å²) in [6.07, 6.45) is 2.11. The summed E-state index contributed by atoms with van der Waals surface area (Å²) in [6, 6.07) is 9.15. The second-order valence-corrected chi connectivity index (χ2v) is 6.99. The van der Waals surface area contributed by atoms with Crippen molar-refractivity contribution in [2.75, 3.05) is 19.0 Å². The Morgan fingerprint density at radius 3 is 3.00 bits per heavy atom. The number of fused-ring (bicyclic) bond motifs is 1.